The maximum Gasteiger partial charge on any atom is 0.223 e. The van der Waals surface area contributed by atoms with Gasteiger partial charge in [0.1, 0.15) is 0 Å². The van der Waals surface area contributed by atoms with Gasteiger partial charge in [-0.05, 0) is 25.0 Å². The van der Waals surface area contributed by atoms with Gasteiger partial charge in [-0.3, -0.25) is 4.79 Å². The molecule has 0 spiro atoms. The van der Waals surface area contributed by atoms with Gasteiger partial charge < -0.3 is 4.90 Å². The zero-order valence-electron chi connectivity index (χ0n) is 9.54. The van der Waals surface area contributed by atoms with Crippen molar-refractivity contribution in [1.29, 1.82) is 0 Å². The molecule has 0 aromatic carbocycles. The van der Waals surface area contributed by atoms with Gasteiger partial charge >= 0.3 is 0 Å². The predicted molar refractivity (Wildman–Crippen MR) is 70.7 cm³/mol. The Hall–Kier alpha value is 0.300. The highest BCUT2D eigenvalue weighted by molar-refractivity contribution is 9.09. The minimum atomic E-state index is 0.338. The van der Waals surface area contributed by atoms with Crippen molar-refractivity contribution in [3.8, 4) is 0 Å². The number of carbonyl (C=O) groups is 1. The predicted octanol–water partition coefficient (Wildman–Crippen LogP) is 2.76. The Labute approximate surface area is 105 Å². The fraction of sp³-hybridized carbons (Fsp3) is 0.909. The number of alkyl halides is 1. The molecule has 1 rings (SSSR count). The third-order valence-corrected chi connectivity index (χ3v) is 4.42. The molecule has 88 valence electrons. The van der Waals surface area contributed by atoms with E-state index in [0.29, 0.717) is 17.2 Å². The second-order valence-corrected chi connectivity index (χ2v) is 6.57. The van der Waals surface area contributed by atoms with Crippen LogP contribution >= 0.6 is 27.7 Å². The van der Waals surface area contributed by atoms with Crippen LogP contribution in [0.15, 0.2) is 0 Å². The lowest BCUT2D eigenvalue weighted by atomic mass is 9.94. The molecule has 1 aliphatic rings. The zero-order valence-corrected chi connectivity index (χ0v) is 11.9. The van der Waals surface area contributed by atoms with E-state index in [4.69, 9.17) is 0 Å². The van der Waals surface area contributed by atoms with Gasteiger partial charge in [-0.1, -0.05) is 22.9 Å². The van der Waals surface area contributed by atoms with E-state index in [2.05, 4.69) is 22.9 Å². The normalized spacial score (nSPS) is 20.3. The van der Waals surface area contributed by atoms with Crippen LogP contribution in [0.5, 0.6) is 0 Å². The molecule has 15 heavy (non-hydrogen) atoms. The highest BCUT2D eigenvalue weighted by Gasteiger charge is 2.24. The van der Waals surface area contributed by atoms with Gasteiger partial charge in [0.25, 0.3) is 0 Å². The summed E-state index contributed by atoms with van der Waals surface area (Å²) in [5.41, 5.74) is 0. The molecule has 1 fully saturated rings. The van der Waals surface area contributed by atoms with Crippen LogP contribution in [0.25, 0.3) is 0 Å². The van der Waals surface area contributed by atoms with E-state index in [1.165, 1.54) is 0 Å². The quantitative estimate of drug-likeness (QED) is 0.743. The van der Waals surface area contributed by atoms with Gasteiger partial charge in [-0.15, -0.1) is 0 Å². The molecule has 1 unspecified atom stereocenters. The van der Waals surface area contributed by atoms with Crippen LogP contribution in [-0.4, -0.2) is 40.7 Å². The lowest BCUT2D eigenvalue weighted by Crippen LogP contribution is -2.40. The third-order valence-electron chi connectivity index (χ3n) is 3.06. The lowest BCUT2D eigenvalue weighted by Gasteiger charge is -2.33. The molecular formula is C11H20BrNOS. The summed E-state index contributed by atoms with van der Waals surface area (Å²) in [7, 11) is 0. The Bertz CT molecular complexity index is 203. The summed E-state index contributed by atoms with van der Waals surface area (Å²) >= 11 is 5.37. The van der Waals surface area contributed by atoms with Gasteiger partial charge in [-0.25, -0.2) is 0 Å². The number of piperidine rings is 1. The van der Waals surface area contributed by atoms with Crippen LogP contribution in [0, 0.1) is 5.92 Å². The minimum absolute atomic E-state index is 0.338. The number of hydrogen-bond donors (Lipinski definition) is 0. The molecular weight excluding hydrogens is 274 g/mol. The Morgan fingerprint density at radius 1 is 1.53 bits per heavy atom. The van der Waals surface area contributed by atoms with Crippen LogP contribution in [0.4, 0.5) is 0 Å². The van der Waals surface area contributed by atoms with Gasteiger partial charge in [0.2, 0.25) is 5.91 Å². The minimum Gasteiger partial charge on any atom is -0.343 e. The molecule has 1 aliphatic heterocycles. The standard InChI is InChI=1S/C11H20BrNOS/c1-9(12)10-3-6-13(7-4-10)11(14)5-8-15-2/h9-10H,3-8H2,1-2H3. The summed E-state index contributed by atoms with van der Waals surface area (Å²) in [4.78, 5) is 14.3. The fourth-order valence-electron chi connectivity index (χ4n) is 1.96. The molecule has 4 heteroatoms. The number of nitrogens with zero attached hydrogens (tertiary/aromatic N) is 1. The van der Waals surface area contributed by atoms with E-state index in [9.17, 15) is 4.79 Å². The van der Waals surface area contributed by atoms with Gasteiger partial charge in [0, 0.05) is 30.1 Å². The van der Waals surface area contributed by atoms with E-state index in [0.717, 1.165) is 37.6 Å². The molecule has 0 radical (unpaired) electrons. The summed E-state index contributed by atoms with van der Waals surface area (Å²) in [6.45, 7) is 4.11. The Morgan fingerprint density at radius 3 is 2.60 bits per heavy atom. The Balaban J connectivity index is 2.27. The Morgan fingerprint density at radius 2 is 2.13 bits per heavy atom. The maximum absolute atomic E-state index is 11.7. The second kappa shape index (κ2) is 6.79. The highest BCUT2D eigenvalue weighted by atomic mass is 79.9. The largest absolute Gasteiger partial charge is 0.343 e. The number of carbonyl (C=O) groups excluding carboxylic acids is 1. The molecule has 0 aromatic heterocycles. The van der Waals surface area contributed by atoms with Gasteiger partial charge in [-0.2, -0.15) is 11.8 Å². The van der Waals surface area contributed by atoms with Crippen molar-refractivity contribution < 1.29 is 4.79 Å². The number of likely N-dealkylation sites (tertiary alicyclic amines) is 1. The van der Waals surface area contributed by atoms with E-state index in [-0.39, 0.29) is 0 Å². The number of hydrogen-bond acceptors (Lipinski definition) is 2. The molecule has 1 atom stereocenters. The first kappa shape index (κ1) is 13.4. The second-order valence-electron chi connectivity index (χ2n) is 4.14. The maximum atomic E-state index is 11.7. The fourth-order valence-corrected chi connectivity index (χ4v) is 2.86. The average Bonchev–Trinajstić information content (AvgIpc) is 2.26. The van der Waals surface area contributed by atoms with Gasteiger partial charge in [0.05, 0.1) is 0 Å². The van der Waals surface area contributed by atoms with Crippen LogP contribution in [-0.2, 0) is 4.79 Å². The summed E-state index contributed by atoms with van der Waals surface area (Å²) in [6, 6.07) is 0. The lowest BCUT2D eigenvalue weighted by molar-refractivity contribution is -0.132. The average molecular weight is 294 g/mol. The summed E-state index contributed by atoms with van der Waals surface area (Å²) < 4.78 is 0. The SMILES string of the molecule is CSCCC(=O)N1CCC(C(C)Br)CC1. The number of rotatable bonds is 4. The molecule has 1 amide bonds. The molecule has 0 N–H and O–H groups in total. The molecule has 0 bridgehead atoms. The topological polar surface area (TPSA) is 20.3 Å². The molecule has 1 heterocycles. The van der Waals surface area contributed by atoms with E-state index in [1.807, 2.05) is 11.2 Å². The molecule has 0 aliphatic carbocycles. The molecule has 1 saturated heterocycles. The Kier molecular flexibility index (Phi) is 6.05. The monoisotopic (exact) mass is 293 g/mol. The summed E-state index contributed by atoms with van der Waals surface area (Å²) in [5, 5.41) is 0. The molecule has 2 nitrogen and oxygen atoms in total. The van der Waals surface area contributed by atoms with Crippen molar-refractivity contribution in [1.82, 2.24) is 4.90 Å². The van der Waals surface area contributed by atoms with Crippen LogP contribution in [0.1, 0.15) is 26.2 Å². The van der Waals surface area contributed by atoms with Crippen molar-refractivity contribution in [2.75, 3.05) is 25.1 Å². The van der Waals surface area contributed by atoms with Crippen molar-refractivity contribution in [2.24, 2.45) is 5.92 Å². The smallest absolute Gasteiger partial charge is 0.223 e. The van der Waals surface area contributed by atoms with Crippen molar-refractivity contribution >= 4 is 33.6 Å². The number of thioether (sulfide) groups is 1. The highest BCUT2D eigenvalue weighted by Crippen LogP contribution is 2.25. The van der Waals surface area contributed by atoms with Crippen LogP contribution < -0.4 is 0 Å². The first-order valence-electron chi connectivity index (χ1n) is 5.56. The van der Waals surface area contributed by atoms with E-state index >= 15 is 0 Å². The van der Waals surface area contributed by atoms with Crippen molar-refractivity contribution in [2.45, 2.75) is 31.0 Å². The first-order chi connectivity index (χ1) is 7.15. The van der Waals surface area contributed by atoms with Crippen molar-refractivity contribution in [3.63, 3.8) is 0 Å². The van der Waals surface area contributed by atoms with Crippen molar-refractivity contribution in [3.05, 3.63) is 0 Å². The summed E-state index contributed by atoms with van der Waals surface area (Å²) in [6.07, 6.45) is 5.05. The third kappa shape index (κ3) is 4.35. The van der Waals surface area contributed by atoms with Crippen LogP contribution in [0.2, 0.25) is 0 Å². The number of amides is 1. The molecule has 0 aromatic rings. The summed E-state index contributed by atoms with van der Waals surface area (Å²) in [5.74, 6) is 2.03. The van der Waals surface area contributed by atoms with Crippen LogP contribution in [0.3, 0.4) is 0 Å². The van der Waals surface area contributed by atoms with E-state index in [1.54, 1.807) is 11.8 Å². The molecule has 0 saturated carbocycles. The first-order valence-corrected chi connectivity index (χ1v) is 7.87. The number of halogens is 1. The van der Waals surface area contributed by atoms with Gasteiger partial charge in [0.15, 0.2) is 0 Å². The van der Waals surface area contributed by atoms with E-state index < -0.39 is 0 Å². The zero-order chi connectivity index (χ0) is 11.3.